The normalized spacial score (nSPS) is 10.4. The highest BCUT2D eigenvalue weighted by molar-refractivity contribution is 6.09. The minimum atomic E-state index is -0.255. The molecule has 4 aromatic carbocycles. The Hall–Kier alpha value is -4.18. The molecule has 4 nitrogen and oxygen atoms in total. The molecule has 32 heavy (non-hydrogen) atoms. The summed E-state index contributed by atoms with van der Waals surface area (Å²) in [6.45, 7) is 0.520. The lowest BCUT2D eigenvalue weighted by molar-refractivity contribution is 0.0955. The summed E-state index contributed by atoms with van der Waals surface area (Å²) in [7, 11) is 0. The van der Waals surface area contributed by atoms with E-state index in [4.69, 9.17) is 0 Å². The lowest BCUT2D eigenvalue weighted by Gasteiger charge is -2.12. The third-order valence-electron chi connectivity index (χ3n) is 5.22. The van der Waals surface area contributed by atoms with Gasteiger partial charge < -0.3 is 10.6 Å². The van der Waals surface area contributed by atoms with Gasteiger partial charge in [0, 0.05) is 12.1 Å². The molecule has 0 atom stereocenters. The zero-order valence-electron chi connectivity index (χ0n) is 17.6. The van der Waals surface area contributed by atoms with Crippen LogP contribution < -0.4 is 10.6 Å². The third-order valence-corrected chi connectivity index (χ3v) is 5.22. The van der Waals surface area contributed by atoms with E-state index in [1.807, 2.05) is 72.8 Å². The molecule has 158 valence electrons. The van der Waals surface area contributed by atoms with Crippen LogP contribution in [0.1, 0.15) is 26.3 Å². The van der Waals surface area contributed by atoms with Crippen molar-refractivity contribution in [3.8, 4) is 11.1 Å². The molecule has 2 amide bonds. The van der Waals surface area contributed by atoms with E-state index in [9.17, 15) is 9.59 Å². The number of para-hydroxylation sites is 1. The van der Waals surface area contributed by atoms with E-state index in [1.165, 1.54) is 0 Å². The number of carbonyl (C=O) groups is 2. The summed E-state index contributed by atoms with van der Waals surface area (Å²) in [5, 5.41) is 5.81. The SMILES string of the molecule is O=C(Nc1ccccc1C(=O)NCCc1ccccc1)c1ccc(-c2ccccc2)cc1. The molecule has 2 N–H and O–H groups in total. The Kier molecular flexibility index (Phi) is 6.73. The molecule has 0 bridgehead atoms. The van der Waals surface area contributed by atoms with Crippen LogP contribution in [0.25, 0.3) is 11.1 Å². The van der Waals surface area contributed by atoms with Crippen LogP contribution in [0, 0.1) is 0 Å². The average Bonchev–Trinajstić information content (AvgIpc) is 2.85. The molecule has 0 saturated heterocycles. The predicted molar refractivity (Wildman–Crippen MR) is 129 cm³/mol. The summed E-state index contributed by atoms with van der Waals surface area (Å²) >= 11 is 0. The summed E-state index contributed by atoms with van der Waals surface area (Å²) in [6, 6.07) is 34.5. The number of nitrogens with one attached hydrogen (secondary N) is 2. The number of benzene rings is 4. The molecule has 0 unspecified atom stereocenters. The highest BCUT2D eigenvalue weighted by Gasteiger charge is 2.14. The van der Waals surface area contributed by atoms with E-state index >= 15 is 0 Å². The topological polar surface area (TPSA) is 58.2 Å². The van der Waals surface area contributed by atoms with Crippen molar-refractivity contribution in [2.24, 2.45) is 0 Å². The molecule has 0 fully saturated rings. The first kappa shape index (κ1) is 21.1. The maximum atomic E-state index is 12.8. The summed E-state index contributed by atoms with van der Waals surface area (Å²) in [5.41, 5.74) is 4.76. The predicted octanol–water partition coefficient (Wildman–Crippen LogP) is 5.58. The van der Waals surface area contributed by atoms with Gasteiger partial charge in [0.25, 0.3) is 11.8 Å². The van der Waals surface area contributed by atoms with Crippen LogP contribution in [0.5, 0.6) is 0 Å². The van der Waals surface area contributed by atoms with Crippen LogP contribution in [0.4, 0.5) is 5.69 Å². The van der Waals surface area contributed by atoms with Gasteiger partial charge in [-0.3, -0.25) is 9.59 Å². The second-order valence-electron chi connectivity index (χ2n) is 7.43. The van der Waals surface area contributed by atoms with Crippen LogP contribution in [-0.4, -0.2) is 18.4 Å². The van der Waals surface area contributed by atoms with E-state index in [0.29, 0.717) is 23.4 Å². The van der Waals surface area contributed by atoms with E-state index < -0.39 is 0 Å². The molecular formula is C28H24N2O2. The van der Waals surface area contributed by atoms with Crippen molar-refractivity contribution < 1.29 is 9.59 Å². The fourth-order valence-corrected chi connectivity index (χ4v) is 3.49. The Morgan fingerprint density at radius 1 is 0.594 bits per heavy atom. The first-order chi connectivity index (χ1) is 15.7. The maximum Gasteiger partial charge on any atom is 0.255 e. The number of hydrogen-bond donors (Lipinski definition) is 2. The number of anilines is 1. The summed E-state index contributed by atoms with van der Waals surface area (Å²) in [5.74, 6) is -0.467. The van der Waals surface area contributed by atoms with Gasteiger partial charge in [-0.05, 0) is 47.4 Å². The molecule has 4 rings (SSSR count). The Balaban J connectivity index is 1.41. The van der Waals surface area contributed by atoms with E-state index in [-0.39, 0.29) is 11.8 Å². The van der Waals surface area contributed by atoms with Crippen LogP contribution in [0.2, 0.25) is 0 Å². The van der Waals surface area contributed by atoms with Gasteiger partial charge in [0.1, 0.15) is 0 Å². The van der Waals surface area contributed by atoms with Crippen molar-refractivity contribution in [2.75, 3.05) is 11.9 Å². The summed E-state index contributed by atoms with van der Waals surface area (Å²) < 4.78 is 0. The largest absolute Gasteiger partial charge is 0.352 e. The Labute approximate surface area is 187 Å². The Morgan fingerprint density at radius 3 is 1.91 bits per heavy atom. The number of hydrogen-bond acceptors (Lipinski definition) is 2. The van der Waals surface area contributed by atoms with Gasteiger partial charge in [0.05, 0.1) is 11.3 Å². The highest BCUT2D eigenvalue weighted by Crippen LogP contribution is 2.21. The van der Waals surface area contributed by atoms with Gasteiger partial charge in [-0.1, -0.05) is 84.9 Å². The first-order valence-electron chi connectivity index (χ1n) is 10.6. The lowest BCUT2D eigenvalue weighted by atomic mass is 10.0. The van der Waals surface area contributed by atoms with Crippen molar-refractivity contribution in [3.63, 3.8) is 0 Å². The van der Waals surface area contributed by atoms with Crippen molar-refractivity contribution in [1.82, 2.24) is 5.32 Å². The van der Waals surface area contributed by atoms with Crippen molar-refractivity contribution in [2.45, 2.75) is 6.42 Å². The highest BCUT2D eigenvalue weighted by atomic mass is 16.2. The van der Waals surface area contributed by atoms with Crippen molar-refractivity contribution in [1.29, 1.82) is 0 Å². The number of amides is 2. The third kappa shape index (κ3) is 5.29. The fourth-order valence-electron chi connectivity index (χ4n) is 3.49. The molecule has 0 radical (unpaired) electrons. The van der Waals surface area contributed by atoms with E-state index in [1.54, 1.807) is 36.4 Å². The zero-order chi connectivity index (χ0) is 22.2. The van der Waals surface area contributed by atoms with Crippen LogP contribution in [0.3, 0.4) is 0 Å². The van der Waals surface area contributed by atoms with Gasteiger partial charge >= 0.3 is 0 Å². The summed E-state index contributed by atoms with van der Waals surface area (Å²) in [4.78, 5) is 25.5. The van der Waals surface area contributed by atoms with Gasteiger partial charge in [0.15, 0.2) is 0 Å². The van der Waals surface area contributed by atoms with Crippen molar-refractivity contribution >= 4 is 17.5 Å². The van der Waals surface area contributed by atoms with E-state index in [0.717, 1.165) is 23.1 Å². The molecule has 0 spiro atoms. The molecule has 0 aliphatic carbocycles. The maximum absolute atomic E-state index is 12.8. The quantitative estimate of drug-likeness (QED) is 0.410. The molecule has 0 heterocycles. The smallest absolute Gasteiger partial charge is 0.255 e. The molecule has 0 aliphatic rings. The number of carbonyl (C=O) groups excluding carboxylic acids is 2. The molecule has 4 heteroatoms. The first-order valence-corrected chi connectivity index (χ1v) is 10.6. The van der Waals surface area contributed by atoms with Crippen LogP contribution in [-0.2, 0) is 6.42 Å². The van der Waals surface area contributed by atoms with E-state index in [2.05, 4.69) is 10.6 Å². The Morgan fingerprint density at radius 2 is 1.19 bits per heavy atom. The average molecular weight is 421 g/mol. The molecule has 0 aliphatic heterocycles. The van der Waals surface area contributed by atoms with Gasteiger partial charge in [-0.25, -0.2) is 0 Å². The second kappa shape index (κ2) is 10.2. The van der Waals surface area contributed by atoms with Crippen LogP contribution in [0.15, 0.2) is 109 Å². The minimum absolute atomic E-state index is 0.212. The molecule has 4 aromatic rings. The zero-order valence-corrected chi connectivity index (χ0v) is 17.6. The second-order valence-corrected chi connectivity index (χ2v) is 7.43. The Bertz CT molecular complexity index is 1190. The number of rotatable bonds is 7. The lowest BCUT2D eigenvalue weighted by Crippen LogP contribution is -2.27. The molecular weight excluding hydrogens is 396 g/mol. The standard InChI is InChI=1S/C28H24N2O2/c31-27(24-17-15-23(16-18-24)22-11-5-2-6-12-22)30-26-14-8-7-13-25(26)28(32)29-20-19-21-9-3-1-4-10-21/h1-18H,19-20H2,(H,29,32)(H,30,31). The van der Waals surface area contributed by atoms with Gasteiger partial charge in [-0.15, -0.1) is 0 Å². The minimum Gasteiger partial charge on any atom is -0.352 e. The fraction of sp³-hybridized carbons (Fsp3) is 0.0714. The monoisotopic (exact) mass is 420 g/mol. The van der Waals surface area contributed by atoms with Gasteiger partial charge in [-0.2, -0.15) is 0 Å². The summed E-state index contributed by atoms with van der Waals surface area (Å²) in [6.07, 6.45) is 0.745. The van der Waals surface area contributed by atoms with Crippen LogP contribution >= 0.6 is 0 Å². The molecule has 0 saturated carbocycles. The molecule has 0 aromatic heterocycles. The van der Waals surface area contributed by atoms with Crippen molar-refractivity contribution in [3.05, 3.63) is 126 Å². The van der Waals surface area contributed by atoms with Gasteiger partial charge in [0.2, 0.25) is 0 Å².